The molecular weight excluding hydrogens is 266 g/mol. The number of hydrogen-bond acceptors (Lipinski definition) is 5. The van der Waals surface area contributed by atoms with Gasteiger partial charge in [0.05, 0.1) is 12.3 Å². The lowest BCUT2D eigenvalue weighted by molar-refractivity contribution is -0.0768. The number of ether oxygens (including phenoxy) is 2. The molecule has 5 nitrogen and oxygen atoms in total. The Kier molecular flexibility index (Phi) is 6.54. The van der Waals surface area contributed by atoms with Crippen LogP contribution in [0.5, 0.6) is 0 Å². The molecule has 1 aliphatic carbocycles. The molecule has 1 heterocycles. The Morgan fingerprint density at radius 3 is 2.81 bits per heavy atom. The Morgan fingerprint density at radius 2 is 2.10 bits per heavy atom. The fraction of sp³-hybridized carbons (Fsp3) is 0.750. The molecule has 1 aromatic rings. The van der Waals surface area contributed by atoms with E-state index < -0.39 is 0 Å². The van der Waals surface area contributed by atoms with Crippen LogP contribution in [0.3, 0.4) is 0 Å². The topological polar surface area (TPSA) is 56.3 Å². The molecule has 0 bridgehead atoms. The SMILES string of the molecule is CCOC1(c2nccc(CNCCOC)n2)CCCCC1. The molecule has 2 rings (SSSR count). The lowest BCUT2D eigenvalue weighted by Gasteiger charge is -2.35. The van der Waals surface area contributed by atoms with Crippen LogP contribution in [0.25, 0.3) is 0 Å². The predicted octanol–water partition coefficient (Wildman–Crippen LogP) is 2.41. The molecule has 0 amide bonds. The summed E-state index contributed by atoms with van der Waals surface area (Å²) < 4.78 is 11.1. The van der Waals surface area contributed by atoms with Gasteiger partial charge in [-0.3, -0.25) is 0 Å². The van der Waals surface area contributed by atoms with E-state index in [2.05, 4.69) is 10.3 Å². The first-order chi connectivity index (χ1) is 10.3. The monoisotopic (exact) mass is 293 g/mol. The van der Waals surface area contributed by atoms with Crippen LogP contribution < -0.4 is 5.32 Å². The molecule has 1 N–H and O–H groups in total. The van der Waals surface area contributed by atoms with Crippen LogP contribution in [0.1, 0.15) is 50.5 Å². The smallest absolute Gasteiger partial charge is 0.160 e. The zero-order valence-electron chi connectivity index (χ0n) is 13.2. The van der Waals surface area contributed by atoms with Gasteiger partial charge in [0.25, 0.3) is 0 Å². The fourth-order valence-corrected chi connectivity index (χ4v) is 2.94. The summed E-state index contributed by atoms with van der Waals surface area (Å²) in [6, 6.07) is 1.96. The van der Waals surface area contributed by atoms with Gasteiger partial charge in [-0.25, -0.2) is 9.97 Å². The molecule has 118 valence electrons. The second-order valence-corrected chi connectivity index (χ2v) is 5.53. The molecule has 0 aliphatic heterocycles. The summed E-state index contributed by atoms with van der Waals surface area (Å²) >= 11 is 0. The van der Waals surface area contributed by atoms with Crippen molar-refractivity contribution in [3.8, 4) is 0 Å². The number of rotatable bonds is 8. The van der Waals surface area contributed by atoms with Crippen molar-refractivity contribution in [2.45, 2.75) is 51.2 Å². The molecule has 1 fully saturated rings. The Labute approximate surface area is 127 Å². The van der Waals surface area contributed by atoms with Gasteiger partial charge in [0.1, 0.15) is 5.60 Å². The summed E-state index contributed by atoms with van der Waals surface area (Å²) in [5.74, 6) is 0.857. The second-order valence-electron chi connectivity index (χ2n) is 5.53. The van der Waals surface area contributed by atoms with Crippen molar-refractivity contribution < 1.29 is 9.47 Å². The van der Waals surface area contributed by atoms with Crippen molar-refractivity contribution >= 4 is 0 Å². The number of hydrogen-bond donors (Lipinski definition) is 1. The molecule has 0 unspecified atom stereocenters. The minimum Gasteiger partial charge on any atom is -0.383 e. The van der Waals surface area contributed by atoms with Gasteiger partial charge in [0, 0.05) is 33.0 Å². The predicted molar refractivity (Wildman–Crippen MR) is 82.0 cm³/mol. The van der Waals surface area contributed by atoms with E-state index in [1.165, 1.54) is 19.3 Å². The molecule has 0 aromatic carbocycles. The summed E-state index contributed by atoms with van der Waals surface area (Å²) in [5.41, 5.74) is 0.746. The van der Waals surface area contributed by atoms with Crippen molar-refractivity contribution in [2.24, 2.45) is 0 Å². The molecule has 0 atom stereocenters. The molecule has 1 aromatic heterocycles. The Morgan fingerprint density at radius 1 is 1.29 bits per heavy atom. The molecule has 0 radical (unpaired) electrons. The van der Waals surface area contributed by atoms with Gasteiger partial charge >= 0.3 is 0 Å². The van der Waals surface area contributed by atoms with Gasteiger partial charge in [-0.1, -0.05) is 19.3 Å². The van der Waals surface area contributed by atoms with Crippen molar-refractivity contribution in [1.29, 1.82) is 0 Å². The van der Waals surface area contributed by atoms with Gasteiger partial charge in [0.15, 0.2) is 5.82 Å². The van der Waals surface area contributed by atoms with E-state index in [9.17, 15) is 0 Å². The highest BCUT2D eigenvalue weighted by atomic mass is 16.5. The zero-order chi connectivity index (χ0) is 15.0. The van der Waals surface area contributed by atoms with E-state index in [4.69, 9.17) is 14.5 Å². The molecule has 1 aliphatic rings. The zero-order valence-corrected chi connectivity index (χ0v) is 13.2. The highest BCUT2D eigenvalue weighted by molar-refractivity contribution is 5.10. The molecule has 5 heteroatoms. The van der Waals surface area contributed by atoms with Crippen LogP contribution in [-0.4, -0.2) is 36.8 Å². The quantitative estimate of drug-likeness (QED) is 0.746. The number of nitrogens with one attached hydrogen (secondary N) is 1. The third-order valence-corrected chi connectivity index (χ3v) is 3.99. The van der Waals surface area contributed by atoms with Crippen LogP contribution in [0, 0.1) is 0 Å². The molecule has 21 heavy (non-hydrogen) atoms. The lowest BCUT2D eigenvalue weighted by Crippen LogP contribution is -2.35. The summed E-state index contributed by atoms with van der Waals surface area (Å²) in [5, 5.41) is 3.32. The van der Waals surface area contributed by atoms with Crippen LogP contribution in [0.4, 0.5) is 0 Å². The number of aromatic nitrogens is 2. The normalized spacial score (nSPS) is 17.8. The second kappa shape index (κ2) is 8.41. The molecule has 0 saturated heterocycles. The van der Waals surface area contributed by atoms with Crippen LogP contribution in [0.2, 0.25) is 0 Å². The minimum atomic E-state index is -0.268. The Hall–Kier alpha value is -1.04. The summed E-state index contributed by atoms with van der Waals surface area (Å²) in [6.07, 6.45) is 7.58. The average Bonchev–Trinajstić information content (AvgIpc) is 2.53. The van der Waals surface area contributed by atoms with Crippen LogP contribution in [-0.2, 0) is 21.6 Å². The van der Waals surface area contributed by atoms with Gasteiger partial charge in [-0.2, -0.15) is 0 Å². The van der Waals surface area contributed by atoms with Crippen molar-refractivity contribution in [3.05, 3.63) is 23.8 Å². The van der Waals surface area contributed by atoms with E-state index in [1.54, 1.807) is 7.11 Å². The molecule has 0 spiro atoms. The van der Waals surface area contributed by atoms with E-state index >= 15 is 0 Å². The van der Waals surface area contributed by atoms with E-state index in [0.717, 1.165) is 37.4 Å². The van der Waals surface area contributed by atoms with Crippen molar-refractivity contribution in [2.75, 3.05) is 26.9 Å². The minimum absolute atomic E-state index is 0.268. The first-order valence-corrected chi connectivity index (χ1v) is 7.97. The third kappa shape index (κ3) is 4.46. The van der Waals surface area contributed by atoms with Crippen molar-refractivity contribution in [1.82, 2.24) is 15.3 Å². The Balaban J connectivity index is 2.06. The van der Waals surface area contributed by atoms with E-state index in [1.807, 2.05) is 19.2 Å². The maximum atomic E-state index is 6.09. The maximum Gasteiger partial charge on any atom is 0.160 e. The average molecular weight is 293 g/mol. The number of nitrogens with zero attached hydrogens (tertiary/aromatic N) is 2. The summed E-state index contributed by atoms with van der Waals surface area (Å²) in [7, 11) is 1.71. The van der Waals surface area contributed by atoms with E-state index in [-0.39, 0.29) is 5.60 Å². The molecule has 1 saturated carbocycles. The van der Waals surface area contributed by atoms with Gasteiger partial charge in [-0.15, -0.1) is 0 Å². The maximum absolute atomic E-state index is 6.09. The van der Waals surface area contributed by atoms with Crippen molar-refractivity contribution in [3.63, 3.8) is 0 Å². The van der Waals surface area contributed by atoms with Gasteiger partial charge in [0.2, 0.25) is 0 Å². The van der Waals surface area contributed by atoms with Crippen LogP contribution >= 0.6 is 0 Å². The lowest BCUT2D eigenvalue weighted by atomic mass is 9.83. The standard InChI is InChI=1S/C16H27N3O2/c1-3-21-16(8-5-4-6-9-16)15-18-10-7-14(19-15)13-17-11-12-20-2/h7,10,17H,3-6,8-9,11-13H2,1-2H3. The highest BCUT2D eigenvalue weighted by Gasteiger charge is 2.37. The van der Waals surface area contributed by atoms with Crippen LogP contribution in [0.15, 0.2) is 12.3 Å². The Bertz CT molecular complexity index is 414. The number of methoxy groups -OCH3 is 1. The first kappa shape index (κ1) is 16.3. The fourth-order valence-electron chi connectivity index (χ4n) is 2.94. The highest BCUT2D eigenvalue weighted by Crippen LogP contribution is 2.38. The summed E-state index contributed by atoms with van der Waals surface area (Å²) in [6.45, 7) is 5.03. The summed E-state index contributed by atoms with van der Waals surface area (Å²) in [4.78, 5) is 9.26. The third-order valence-electron chi connectivity index (χ3n) is 3.99. The van der Waals surface area contributed by atoms with Gasteiger partial charge < -0.3 is 14.8 Å². The first-order valence-electron chi connectivity index (χ1n) is 7.97. The van der Waals surface area contributed by atoms with Gasteiger partial charge in [-0.05, 0) is 25.8 Å². The van der Waals surface area contributed by atoms with E-state index in [0.29, 0.717) is 13.2 Å². The molecular formula is C16H27N3O2. The largest absolute Gasteiger partial charge is 0.383 e.